The number of hydrogen-bond acceptors (Lipinski definition) is 4. The first-order valence-electron chi connectivity index (χ1n) is 12.5. The molecule has 3 aliphatic rings. The average Bonchev–Trinajstić information content (AvgIpc) is 2.73. The van der Waals surface area contributed by atoms with Crippen LogP contribution >= 0.6 is 0 Å². The second-order valence-corrected chi connectivity index (χ2v) is 10.7. The van der Waals surface area contributed by atoms with Crippen molar-refractivity contribution < 1.29 is 15.0 Å². The Morgan fingerprint density at radius 3 is 2.10 bits per heavy atom. The Kier molecular flexibility index (Phi) is 8.20. The number of aliphatic hydroxyl groups is 2. The maximum atomic E-state index is 12.3. The number of hydrogen-bond donors (Lipinski definition) is 3. The van der Waals surface area contributed by atoms with Crippen molar-refractivity contribution in [2.75, 3.05) is 0 Å². The summed E-state index contributed by atoms with van der Waals surface area (Å²) in [6.07, 6.45) is 11.3. The molecule has 3 saturated carbocycles. The molecule has 0 aromatic rings. The summed E-state index contributed by atoms with van der Waals surface area (Å²) in [6.45, 7) is 6.18. The Hall–Kier alpha value is -0.450. The molecule has 0 aliphatic heterocycles. The molecule has 4 unspecified atom stereocenters. The monoisotopic (exact) mass is 407 g/mol. The summed E-state index contributed by atoms with van der Waals surface area (Å²) in [5, 5.41) is 20.6. The van der Waals surface area contributed by atoms with E-state index in [4.69, 9.17) is 5.73 Å². The molecule has 0 amide bonds. The van der Waals surface area contributed by atoms with Gasteiger partial charge in [0.1, 0.15) is 5.78 Å². The van der Waals surface area contributed by atoms with E-state index in [2.05, 4.69) is 13.8 Å². The molecule has 0 heterocycles. The van der Waals surface area contributed by atoms with Gasteiger partial charge in [-0.2, -0.15) is 0 Å². The van der Waals surface area contributed by atoms with Crippen LogP contribution in [-0.4, -0.2) is 34.2 Å². The van der Waals surface area contributed by atoms with E-state index in [1.165, 1.54) is 19.3 Å². The normalized spacial score (nSPS) is 43.5. The molecule has 0 bridgehead atoms. The smallest absolute Gasteiger partial charge is 0.133 e. The maximum Gasteiger partial charge on any atom is 0.133 e. The van der Waals surface area contributed by atoms with Gasteiger partial charge in [-0.25, -0.2) is 0 Å². The van der Waals surface area contributed by atoms with E-state index in [1.54, 1.807) is 6.92 Å². The highest BCUT2D eigenvalue weighted by atomic mass is 16.3. The van der Waals surface area contributed by atoms with Crippen molar-refractivity contribution in [2.45, 2.75) is 110 Å². The van der Waals surface area contributed by atoms with Gasteiger partial charge in [0.05, 0.1) is 12.2 Å². The summed E-state index contributed by atoms with van der Waals surface area (Å²) in [5.74, 6) is 4.13. The van der Waals surface area contributed by atoms with Crippen LogP contribution in [0.25, 0.3) is 0 Å². The fourth-order valence-corrected chi connectivity index (χ4v) is 7.38. The van der Waals surface area contributed by atoms with E-state index in [1.807, 2.05) is 0 Å². The SMILES string of the molecule is CC[C@H](N)C(O)C1CCC(C2CCC(C(C)=O)C(C)[C@@H]2C2CCC(O)CC2)CC1. The molecule has 0 radical (unpaired) electrons. The minimum absolute atomic E-state index is 0.0935. The Morgan fingerprint density at radius 2 is 1.55 bits per heavy atom. The van der Waals surface area contributed by atoms with Gasteiger partial charge >= 0.3 is 0 Å². The van der Waals surface area contributed by atoms with Crippen molar-refractivity contribution in [2.24, 2.45) is 47.2 Å². The van der Waals surface area contributed by atoms with Crippen molar-refractivity contribution in [1.82, 2.24) is 0 Å². The predicted octanol–water partition coefficient (Wildman–Crippen LogP) is 4.31. The summed E-state index contributed by atoms with van der Waals surface area (Å²) in [7, 11) is 0. The second kappa shape index (κ2) is 10.2. The molecule has 3 aliphatic carbocycles. The first kappa shape index (κ1) is 23.2. The topological polar surface area (TPSA) is 83.5 Å². The van der Waals surface area contributed by atoms with Crippen LogP contribution in [0, 0.1) is 41.4 Å². The van der Waals surface area contributed by atoms with E-state index in [0.717, 1.165) is 57.3 Å². The van der Waals surface area contributed by atoms with Crippen molar-refractivity contribution in [3.63, 3.8) is 0 Å². The first-order chi connectivity index (χ1) is 13.8. The summed E-state index contributed by atoms with van der Waals surface area (Å²) in [4.78, 5) is 12.3. The highest BCUT2D eigenvalue weighted by molar-refractivity contribution is 5.78. The van der Waals surface area contributed by atoms with E-state index >= 15 is 0 Å². The third-order valence-corrected chi connectivity index (χ3v) is 9.17. The van der Waals surface area contributed by atoms with Gasteiger partial charge in [-0.15, -0.1) is 0 Å². The van der Waals surface area contributed by atoms with Gasteiger partial charge < -0.3 is 15.9 Å². The zero-order chi connectivity index (χ0) is 21.1. The van der Waals surface area contributed by atoms with E-state index in [9.17, 15) is 15.0 Å². The van der Waals surface area contributed by atoms with Gasteiger partial charge in [-0.05, 0) is 113 Å². The van der Waals surface area contributed by atoms with Gasteiger partial charge in [0, 0.05) is 12.0 Å². The van der Waals surface area contributed by atoms with Crippen molar-refractivity contribution in [3.05, 3.63) is 0 Å². The Labute approximate surface area is 178 Å². The summed E-state index contributed by atoms with van der Waals surface area (Å²) in [6, 6.07) is -0.0935. The fraction of sp³-hybridized carbons (Fsp3) is 0.960. The third kappa shape index (κ3) is 5.25. The van der Waals surface area contributed by atoms with Crippen LogP contribution in [-0.2, 0) is 4.79 Å². The minimum Gasteiger partial charge on any atom is -0.393 e. The highest BCUT2D eigenvalue weighted by Crippen LogP contribution is 2.52. The summed E-state index contributed by atoms with van der Waals surface area (Å²) >= 11 is 0. The second-order valence-electron chi connectivity index (χ2n) is 10.7. The number of carbonyl (C=O) groups is 1. The van der Waals surface area contributed by atoms with Crippen LogP contribution in [0.15, 0.2) is 0 Å². The van der Waals surface area contributed by atoms with Gasteiger partial charge in [-0.3, -0.25) is 4.79 Å². The first-order valence-corrected chi connectivity index (χ1v) is 12.5. The number of aliphatic hydroxyl groups excluding tert-OH is 2. The lowest BCUT2D eigenvalue weighted by Gasteiger charge is -2.50. The minimum atomic E-state index is -0.357. The van der Waals surface area contributed by atoms with E-state index in [0.29, 0.717) is 35.4 Å². The quantitative estimate of drug-likeness (QED) is 0.612. The molecule has 4 N–H and O–H groups in total. The predicted molar refractivity (Wildman–Crippen MR) is 117 cm³/mol. The van der Waals surface area contributed by atoms with Crippen LogP contribution < -0.4 is 5.73 Å². The number of ketones is 1. The molecule has 168 valence electrons. The number of nitrogens with two attached hydrogens (primary N) is 1. The largest absolute Gasteiger partial charge is 0.393 e. The fourth-order valence-electron chi connectivity index (χ4n) is 7.38. The lowest BCUT2D eigenvalue weighted by molar-refractivity contribution is -0.127. The van der Waals surface area contributed by atoms with Gasteiger partial charge in [-0.1, -0.05) is 13.8 Å². The van der Waals surface area contributed by atoms with Gasteiger partial charge in [0.2, 0.25) is 0 Å². The average molecular weight is 408 g/mol. The van der Waals surface area contributed by atoms with Crippen LogP contribution in [0.3, 0.4) is 0 Å². The Balaban J connectivity index is 1.69. The molecule has 0 saturated heterocycles. The maximum absolute atomic E-state index is 12.3. The summed E-state index contributed by atoms with van der Waals surface area (Å²) < 4.78 is 0. The Morgan fingerprint density at radius 1 is 0.966 bits per heavy atom. The van der Waals surface area contributed by atoms with Crippen LogP contribution in [0.2, 0.25) is 0 Å². The number of carbonyl (C=O) groups excluding carboxylic acids is 1. The van der Waals surface area contributed by atoms with E-state index in [-0.39, 0.29) is 24.2 Å². The number of rotatable bonds is 6. The summed E-state index contributed by atoms with van der Waals surface area (Å²) in [5.41, 5.74) is 6.11. The van der Waals surface area contributed by atoms with Crippen LogP contribution in [0.1, 0.15) is 91.4 Å². The van der Waals surface area contributed by atoms with Crippen molar-refractivity contribution in [1.29, 1.82) is 0 Å². The lowest BCUT2D eigenvalue weighted by atomic mass is 9.55. The molecule has 6 atom stereocenters. The molecule has 3 fully saturated rings. The van der Waals surface area contributed by atoms with Gasteiger partial charge in [0.25, 0.3) is 0 Å². The van der Waals surface area contributed by atoms with Crippen LogP contribution in [0.4, 0.5) is 0 Å². The zero-order valence-electron chi connectivity index (χ0n) is 18.9. The highest BCUT2D eigenvalue weighted by Gasteiger charge is 2.46. The Bertz CT molecular complexity index is 522. The molecule has 4 heteroatoms. The standard InChI is InChI=1S/C25H45NO3/c1-4-23(26)25(29)19-7-5-17(6-8-19)22-14-13-21(16(3)27)15(2)24(22)18-9-11-20(28)12-10-18/h15,17-25,28-29H,4-14,26H2,1-3H3/t15?,17?,18?,19?,20?,21?,22?,23-,24+,25?/m0/s1. The van der Waals surface area contributed by atoms with Crippen molar-refractivity contribution >= 4 is 5.78 Å². The molecule has 29 heavy (non-hydrogen) atoms. The third-order valence-electron chi connectivity index (χ3n) is 9.17. The molecule has 4 nitrogen and oxygen atoms in total. The molecule has 0 aromatic heterocycles. The number of Topliss-reactive ketones (excluding diaryl/α,β-unsaturated/α-hetero) is 1. The lowest BCUT2D eigenvalue weighted by Crippen LogP contribution is -2.46. The van der Waals surface area contributed by atoms with Gasteiger partial charge in [0.15, 0.2) is 0 Å². The molecule has 0 spiro atoms. The van der Waals surface area contributed by atoms with E-state index < -0.39 is 0 Å². The zero-order valence-corrected chi connectivity index (χ0v) is 18.9. The molecular weight excluding hydrogens is 362 g/mol. The molecular formula is C25H45NO3. The molecule has 3 rings (SSSR count). The van der Waals surface area contributed by atoms with Crippen molar-refractivity contribution in [3.8, 4) is 0 Å². The molecule has 0 aromatic carbocycles. The van der Waals surface area contributed by atoms with Crippen LogP contribution in [0.5, 0.6) is 0 Å².